The summed E-state index contributed by atoms with van der Waals surface area (Å²) in [5.74, 6) is -3.67. The first-order valence-electron chi connectivity index (χ1n) is 5.19. The number of halogens is 2. The van der Waals surface area contributed by atoms with E-state index in [-0.39, 0.29) is 0 Å². The number of carboxylic acid groups (broad SMARTS) is 1. The molecule has 0 fully saturated rings. The first kappa shape index (κ1) is 14.8. The number of nitro benzene ring substituents is 1. The molecule has 0 spiro atoms. The van der Waals surface area contributed by atoms with Gasteiger partial charge in [-0.25, -0.2) is 13.6 Å². The van der Waals surface area contributed by atoms with Crippen LogP contribution in [-0.4, -0.2) is 28.6 Å². The van der Waals surface area contributed by atoms with Crippen molar-refractivity contribution in [2.75, 3.05) is 11.9 Å². The van der Waals surface area contributed by atoms with Crippen molar-refractivity contribution in [1.82, 2.24) is 0 Å². The van der Waals surface area contributed by atoms with Crippen LogP contribution in [-0.2, 0) is 4.79 Å². The molecule has 0 amide bonds. The van der Waals surface area contributed by atoms with Crippen molar-refractivity contribution in [3.8, 4) is 0 Å². The van der Waals surface area contributed by atoms with Gasteiger partial charge in [0.15, 0.2) is 11.6 Å². The predicted octanol–water partition coefficient (Wildman–Crippen LogP) is 2.17. The van der Waals surface area contributed by atoms with Gasteiger partial charge in [0.25, 0.3) is 5.69 Å². The molecule has 1 N–H and O–H groups in total. The molecule has 0 aliphatic rings. The number of benzene rings is 1. The van der Waals surface area contributed by atoms with Crippen LogP contribution in [0, 0.1) is 21.7 Å². The molecule has 6 nitrogen and oxygen atoms in total. The lowest BCUT2D eigenvalue weighted by Gasteiger charge is -2.33. The molecule has 0 heterocycles. The predicted molar refractivity (Wildman–Crippen MR) is 63.1 cm³/mol. The summed E-state index contributed by atoms with van der Waals surface area (Å²) in [6.45, 7) is 2.52. The number of aliphatic carboxylic acids is 1. The summed E-state index contributed by atoms with van der Waals surface area (Å²) in [5, 5.41) is 19.5. The van der Waals surface area contributed by atoms with Crippen LogP contribution in [0.15, 0.2) is 12.1 Å². The van der Waals surface area contributed by atoms with E-state index in [4.69, 9.17) is 5.11 Å². The first-order chi connectivity index (χ1) is 8.59. The fourth-order valence-electron chi connectivity index (χ4n) is 1.40. The second-order valence-corrected chi connectivity index (χ2v) is 4.44. The molecule has 0 saturated heterocycles. The van der Waals surface area contributed by atoms with Crippen LogP contribution < -0.4 is 4.90 Å². The molecule has 0 unspecified atom stereocenters. The molecule has 0 bridgehead atoms. The Hall–Kier alpha value is -2.25. The van der Waals surface area contributed by atoms with Gasteiger partial charge >= 0.3 is 5.97 Å². The van der Waals surface area contributed by atoms with E-state index in [2.05, 4.69) is 0 Å². The second-order valence-electron chi connectivity index (χ2n) is 4.44. The molecule has 1 aromatic rings. The summed E-state index contributed by atoms with van der Waals surface area (Å²) in [6, 6.07) is 1.10. The van der Waals surface area contributed by atoms with E-state index >= 15 is 0 Å². The fraction of sp³-hybridized carbons (Fsp3) is 0.364. The zero-order valence-electron chi connectivity index (χ0n) is 10.5. The summed E-state index contributed by atoms with van der Waals surface area (Å²) in [6.07, 6.45) is 0. The van der Waals surface area contributed by atoms with Gasteiger partial charge in [-0.05, 0) is 13.8 Å². The molecule has 8 heteroatoms. The molecule has 0 aliphatic carbocycles. The van der Waals surface area contributed by atoms with Crippen molar-refractivity contribution in [2.24, 2.45) is 0 Å². The monoisotopic (exact) mass is 274 g/mol. The molecule has 1 rings (SSSR count). The number of nitrogens with zero attached hydrogens (tertiary/aromatic N) is 2. The Balaban J connectivity index is 3.37. The number of hydrogen-bond donors (Lipinski definition) is 1. The third kappa shape index (κ3) is 2.61. The quantitative estimate of drug-likeness (QED) is 0.672. The van der Waals surface area contributed by atoms with Crippen molar-refractivity contribution < 1.29 is 23.6 Å². The van der Waals surface area contributed by atoms with Crippen molar-refractivity contribution in [3.05, 3.63) is 33.9 Å². The topological polar surface area (TPSA) is 83.7 Å². The number of rotatable bonds is 4. The Kier molecular flexibility index (Phi) is 3.73. The molecule has 0 aliphatic heterocycles. The van der Waals surface area contributed by atoms with Gasteiger partial charge < -0.3 is 10.0 Å². The van der Waals surface area contributed by atoms with Crippen LogP contribution in [0.1, 0.15) is 13.8 Å². The van der Waals surface area contributed by atoms with Crippen molar-refractivity contribution in [2.45, 2.75) is 19.4 Å². The highest BCUT2D eigenvalue weighted by atomic mass is 19.1. The maximum Gasteiger partial charge on any atom is 0.328 e. The van der Waals surface area contributed by atoms with Crippen LogP contribution >= 0.6 is 0 Å². The third-order valence-corrected chi connectivity index (χ3v) is 2.91. The summed E-state index contributed by atoms with van der Waals surface area (Å²) in [4.78, 5) is 21.4. The molecule has 0 atom stereocenters. The van der Waals surface area contributed by atoms with Gasteiger partial charge in [0, 0.05) is 7.05 Å². The number of likely N-dealkylation sites (N-methyl/N-ethyl adjacent to an activating group) is 1. The van der Waals surface area contributed by atoms with Gasteiger partial charge in [0.2, 0.25) is 0 Å². The number of carboxylic acids is 1. The SMILES string of the molecule is CN(c1c(F)cc([N+](=O)[O-])cc1F)C(C)(C)C(=O)O. The van der Waals surface area contributed by atoms with E-state index in [9.17, 15) is 23.7 Å². The lowest BCUT2D eigenvalue weighted by molar-refractivity contribution is -0.385. The van der Waals surface area contributed by atoms with Crippen molar-refractivity contribution >= 4 is 17.3 Å². The summed E-state index contributed by atoms with van der Waals surface area (Å²) in [5.41, 5.74) is -2.93. The van der Waals surface area contributed by atoms with E-state index in [1.165, 1.54) is 20.9 Å². The maximum atomic E-state index is 13.7. The molecule has 104 valence electrons. The van der Waals surface area contributed by atoms with E-state index in [1.807, 2.05) is 0 Å². The van der Waals surface area contributed by atoms with Gasteiger partial charge in [-0.1, -0.05) is 0 Å². The molecular formula is C11H12F2N2O4. The average molecular weight is 274 g/mol. The largest absolute Gasteiger partial charge is 0.480 e. The van der Waals surface area contributed by atoms with E-state index < -0.39 is 39.4 Å². The normalized spacial score (nSPS) is 11.2. The lowest BCUT2D eigenvalue weighted by atomic mass is 10.0. The van der Waals surface area contributed by atoms with E-state index in [0.717, 1.165) is 4.90 Å². The molecular weight excluding hydrogens is 262 g/mol. The Labute approximate surface area is 107 Å². The minimum Gasteiger partial charge on any atom is -0.480 e. The van der Waals surface area contributed by atoms with E-state index in [1.54, 1.807) is 0 Å². The third-order valence-electron chi connectivity index (χ3n) is 2.91. The Morgan fingerprint density at radius 1 is 1.37 bits per heavy atom. The Morgan fingerprint density at radius 3 is 2.11 bits per heavy atom. The minimum atomic E-state index is -1.57. The van der Waals surface area contributed by atoms with Gasteiger partial charge in [-0.2, -0.15) is 0 Å². The molecule has 0 radical (unpaired) electrons. The zero-order valence-corrected chi connectivity index (χ0v) is 10.5. The van der Waals surface area contributed by atoms with Gasteiger partial charge in [-0.3, -0.25) is 10.1 Å². The number of carbonyl (C=O) groups is 1. The minimum absolute atomic E-state index is 0.548. The van der Waals surface area contributed by atoms with Gasteiger partial charge in [-0.15, -0.1) is 0 Å². The van der Waals surface area contributed by atoms with Gasteiger partial charge in [0.05, 0.1) is 17.1 Å². The maximum absolute atomic E-state index is 13.7. The highest BCUT2D eigenvalue weighted by Crippen LogP contribution is 2.31. The van der Waals surface area contributed by atoms with E-state index in [0.29, 0.717) is 12.1 Å². The highest BCUT2D eigenvalue weighted by molar-refractivity contribution is 5.82. The highest BCUT2D eigenvalue weighted by Gasteiger charge is 2.35. The van der Waals surface area contributed by atoms with Crippen LogP contribution in [0.2, 0.25) is 0 Å². The summed E-state index contributed by atoms with van der Waals surface area (Å²) < 4.78 is 27.5. The van der Waals surface area contributed by atoms with Crippen LogP contribution in [0.4, 0.5) is 20.2 Å². The first-order valence-corrected chi connectivity index (χ1v) is 5.19. The van der Waals surface area contributed by atoms with Gasteiger partial charge in [0.1, 0.15) is 11.2 Å². The summed E-state index contributed by atoms with van der Waals surface area (Å²) >= 11 is 0. The van der Waals surface area contributed by atoms with Crippen LogP contribution in [0.5, 0.6) is 0 Å². The molecule has 1 aromatic carbocycles. The lowest BCUT2D eigenvalue weighted by Crippen LogP contribution is -2.48. The second kappa shape index (κ2) is 4.79. The molecule has 0 aromatic heterocycles. The standard InChI is InChI=1S/C11H12F2N2O4/c1-11(2,10(16)17)14(3)9-7(12)4-6(15(18)19)5-8(9)13/h4-5H,1-3H3,(H,16,17). The molecule has 0 saturated carbocycles. The van der Waals surface area contributed by atoms with Crippen molar-refractivity contribution in [3.63, 3.8) is 0 Å². The number of nitro groups is 1. The zero-order chi connectivity index (χ0) is 15.0. The van der Waals surface area contributed by atoms with Crippen LogP contribution in [0.25, 0.3) is 0 Å². The number of hydrogen-bond acceptors (Lipinski definition) is 4. The van der Waals surface area contributed by atoms with Crippen molar-refractivity contribution in [1.29, 1.82) is 0 Å². The summed E-state index contributed by atoms with van der Waals surface area (Å²) in [7, 11) is 1.20. The van der Waals surface area contributed by atoms with Crippen LogP contribution in [0.3, 0.4) is 0 Å². The smallest absolute Gasteiger partial charge is 0.328 e. The Bertz CT molecular complexity index is 522. The Morgan fingerprint density at radius 2 is 1.79 bits per heavy atom. The average Bonchev–Trinajstić information content (AvgIpc) is 2.27. The number of anilines is 1. The molecule has 19 heavy (non-hydrogen) atoms. The fourth-order valence-corrected chi connectivity index (χ4v) is 1.40. The number of non-ortho nitro benzene ring substituents is 1.